The minimum Gasteiger partial charge on any atom is -0.389 e. The van der Waals surface area contributed by atoms with Gasteiger partial charge < -0.3 is 10.8 Å². The normalized spacial score (nSPS) is 34.7. The molecule has 1 aliphatic rings. The number of hydrogen-bond acceptors (Lipinski definition) is 2. The molecule has 1 atom stereocenters. The van der Waals surface area contributed by atoms with Crippen molar-refractivity contribution in [3.63, 3.8) is 0 Å². The third kappa shape index (κ3) is 2.60. The van der Waals surface area contributed by atoms with E-state index in [0.717, 1.165) is 25.2 Å². The minimum absolute atomic E-state index is 0.0931. The van der Waals surface area contributed by atoms with Gasteiger partial charge in [-0.15, -0.1) is 0 Å². The van der Waals surface area contributed by atoms with Crippen molar-refractivity contribution < 1.29 is 5.11 Å². The summed E-state index contributed by atoms with van der Waals surface area (Å²) in [5.74, 6) is 0.837. The van der Waals surface area contributed by atoms with Gasteiger partial charge in [0.2, 0.25) is 0 Å². The number of rotatable bonds is 5. The monoisotopic (exact) mass is 227 g/mol. The fourth-order valence-electron chi connectivity index (χ4n) is 3.12. The molecule has 0 aromatic rings. The second kappa shape index (κ2) is 5.50. The van der Waals surface area contributed by atoms with Gasteiger partial charge in [-0.1, -0.05) is 33.6 Å². The van der Waals surface area contributed by atoms with Gasteiger partial charge in [-0.2, -0.15) is 0 Å². The third-order valence-electron chi connectivity index (χ3n) is 4.98. The van der Waals surface area contributed by atoms with Gasteiger partial charge in [0.15, 0.2) is 0 Å². The van der Waals surface area contributed by atoms with E-state index in [1.54, 1.807) is 0 Å². The van der Waals surface area contributed by atoms with Crippen LogP contribution in [0.15, 0.2) is 0 Å². The first-order valence-corrected chi connectivity index (χ1v) is 6.94. The smallest absolute Gasteiger partial charge is 0.0713 e. The number of aliphatic hydroxyl groups is 1. The molecule has 96 valence electrons. The van der Waals surface area contributed by atoms with Gasteiger partial charge in [-0.3, -0.25) is 0 Å². The molecule has 0 saturated heterocycles. The van der Waals surface area contributed by atoms with Gasteiger partial charge in [0.05, 0.1) is 5.60 Å². The van der Waals surface area contributed by atoms with Gasteiger partial charge in [-0.05, 0) is 38.0 Å². The lowest BCUT2D eigenvalue weighted by atomic mass is 9.62. The zero-order valence-corrected chi connectivity index (χ0v) is 11.3. The van der Waals surface area contributed by atoms with E-state index in [1.165, 1.54) is 25.7 Å². The van der Waals surface area contributed by atoms with E-state index in [4.69, 9.17) is 5.73 Å². The van der Waals surface area contributed by atoms with Crippen molar-refractivity contribution in [3.05, 3.63) is 0 Å². The summed E-state index contributed by atoms with van der Waals surface area (Å²) in [6.07, 6.45) is 7.81. The molecule has 1 saturated carbocycles. The van der Waals surface area contributed by atoms with Crippen LogP contribution in [0.25, 0.3) is 0 Å². The largest absolute Gasteiger partial charge is 0.389 e. The van der Waals surface area contributed by atoms with Gasteiger partial charge in [0, 0.05) is 12.0 Å². The topological polar surface area (TPSA) is 46.2 Å². The first kappa shape index (κ1) is 14.0. The lowest BCUT2D eigenvalue weighted by Gasteiger charge is -2.48. The SMILES string of the molecule is CCCC1CCC(O)(C(C)(CC)CN)CC1. The Morgan fingerprint density at radius 1 is 1.31 bits per heavy atom. The predicted molar refractivity (Wildman–Crippen MR) is 69.3 cm³/mol. The van der Waals surface area contributed by atoms with Gasteiger partial charge in [0.25, 0.3) is 0 Å². The quantitative estimate of drug-likeness (QED) is 0.758. The van der Waals surface area contributed by atoms with Crippen LogP contribution in [-0.4, -0.2) is 17.3 Å². The Kier molecular flexibility index (Phi) is 4.81. The Morgan fingerprint density at radius 2 is 1.88 bits per heavy atom. The van der Waals surface area contributed by atoms with E-state index in [9.17, 15) is 5.11 Å². The fourth-order valence-corrected chi connectivity index (χ4v) is 3.12. The Balaban J connectivity index is 2.61. The van der Waals surface area contributed by atoms with Gasteiger partial charge >= 0.3 is 0 Å². The summed E-state index contributed by atoms with van der Waals surface area (Å²) in [5.41, 5.74) is 5.26. The number of hydrogen-bond donors (Lipinski definition) is 2. The molecule has 0 bridgehead atoms. The summed E-state index contributed by atoms with van der Waals surface area (Å²) in [6.45, 7) is 7.13. The first-order chi connectivity index (χ1) is 7.51. The van der Waals surface area contributed by atoms with Crippen LogP contribution in [-0.2, 0) is 0 Å². The van der Waals surface area contributed by atoms with Crippen molar-refractivity contribution in [2.45, 2.75) is 71.3 Å². The zero-order chi connectivity index (χ0) is 12.2. The van der Waals surface area contributed by atoms with E-state index >= 15 is 0 Å². The highest BCUT2D eigenvalue weighted by Gasteiger charge is 2.46. The van der Waals surface area contributed by atoms with E-state index in [0.29, 0.717) is 6.54 Å². The molecule has 1 rings (SSSR count). The summed E-state index contributed by atoms with van der Waals surface area (Å²) in [7, 11) is 0. The maximum absolute atomic E-state index is 10.8. The van der Waals surface area contributed by atoms with Crippen LogP contribution >= 0.6 is 0 Å². The van der Waals surface area contributed by atoms with E-state index < -0.39 is 5.60 Å². The number of nitrogens with two attached hydrogens (primary N) is 1. The summed E-state index contributed by atoms with van der Waals surface area (Å²) < 4.78 is 0. The predicted octanol–water partition coefficient (Wildman–Crippen LogP) is 3.08. The lowest BCUT2D eigenvalue weighted by molar-refractivity contribution is -0.107. The first-order valence-electron chi connectivity index (χ1n) is 6.94. The molecule has 0 aromatic carbocycles. The molecule has 0 amide bonds. The second-order valence-electron chi connectivity index (χ2n) is 5.88. The molecule has 1 aliphatic carbocycles. The minimum atomic E-state index is -0.513. The molecular formula is C14H29NO. The molecule has 0 aliphatic heterocycles. The highest BCUT2D eigenvalue weighted by Crippen LogP contribution is 2.46. The molecule has 1 fully saturated rings. The van der Waals surface area contributed by atoms with Crippen LogP contribution in [0, 0.1) is 11.3 Å². The van der Waals surface area contributed by atoms with E-state index in [1.807, 2.05) is 0 Å². The van der Waals surface area contributed by atoms with Crippen molar-refractivity contribution in [1.29, 1.82) is 0 Å². The van der Waals surface area contributed by atoms with Crippen molar-refractivity contribution in [3.8, 4) is 0 Å². The van der Waals surface area contributed by atoms with Crippen LogP contribution in [0.1, 0.15) is 65.7 Å². The molecular weight excluding hydrogens is 198 g/mol. The average Bonchev–Trinajstić information content (AvgIpc) is 2.31. The molecule has 16 heavy (non-hydrogen) atoms. The van der Waals surface area contributed by atoms with Crippen LogP contribution in [0.4, 0.5) is 0 Å². The molecule has 2 nitrogen and oxygen atoms in total. The van der Waals surface area contributed by atoms with Gasteiger partial charge in [0.1, 0.15) is 0 Å². The standard InChI is InChI=1S/C14H29NO/c1-4-6-12-7-9-14(16,10-8-12)13(3,5-2)11-15/h12,16H,4-11,15H2,1-3H3. The van der Waals surface area contributed by atoms with Crippen molar-refractivity contribution >= 4 is 0 Å². The van der Waals surface area contributed by atoms with E-state index in [-0.39, 0.29) is 5.41 Å². The molecule has 2 heteroatoms. The van der Waals surface area contributed by atoms with Crippen LogP contribution in [0.5, 0.6) is 0 Å². The lowest BCUT2D eigenvalue weighted by Crippen LogP contribution is -2.52. The Hall–Kier alpha value is -0.0800. The summed E-state index contributed by atoms with van der Waals surface area (Å²) >= 11 is 0. The summed E-state index contributed by atoms with van der Waals surface area (Å²) in [5, 5.41) is 10.8. The summed E-state index contributed by atoms with van der Waals surface area (Å²) in [6, 6.07) is 0. The molecule has 0 aromatic heterocycles. The summed E-state index contributed by atoms with van der Waals surface area (Å²) in [4.78, 5) is 0. The van der Waals surface area contributed by atoms with Gasteiger partial charge in [-0.25, -0.2) is 0 Å². The maximum atomic E-state index is 10.8. The zero-order valence-electron chi connectivity index (χ0n) is 11.3. The highest BCUT2D eigenvalue weighted by atomic mass is 16.3. The Bertz CT molecular complexity index is 203. The van der Waals surface area contributed by atoms with Crippen molar-refractivity contribution in [2.24, 2.45) is 17.1 Å². The van der Waals surface area contributed by atoms with Crippen LogP contribution < -0.4 is 5.73 Å². The molecule has 0 spiro atoms. The third-order valence-corrected chi connectivity index (χ3v) is 4.98. The van der Waals surface area contributed by atoms with Crippen LogP contribution in [0.2, 0.25) is 0 Å². The highest BCUT2D eigenvalue weighted by molar-refractivity contribution is 4.98. The Labute approximate surface area is 101 Å². The average molecular weight is 227 g/mol. The maximum Gasteiger partial charge on any atom is 0.0713 e. The Morgan fingerprint density at radius 3 is 2.25 bits per heavy atom. The molecule has 1 unspecified atom stereocenters. The second-order valence-corrected chi connectivity index (χ2v) is 5.88. The molecule has 3 N–H and O–H groups in total. The van der Waals surface area contributed by atoms with E-state index in [2.05, 4.69) is 20.8 Å². The fraction of sp³-hybridized carbons (Fsp3) is 1.00. The van der Waals surface area contributed by atoms with Crippen molar-refractivity contribution in [2.75, 3.05) is 6.54 Å². The molecule has 0 radical (unpaired) electrons. The van der Waals surface area contributed by atoms with Crippen molar-refractivity contribution in [1.82, 2.24) is 0 Å². The molecule has 0 heterocycles. The van der Waals surface area contributed by atoms with Crippen LogP contribution in [0.3, 0.4) is 0 Å².